The SMILES string of the molecule is COCCn1ccc2cc(NC(=O)C3CC3c3ccccc3Cl)ccc21. The first-order valence-electron chi connectivity index (χ1n) is 8.80. The Morgan fingerprint density at radius 2 is 2.12 bits per heavy atom. The number of hydrogen-bond donors (Lipinski definition) is 1. The van der Waals surface area contributed by atoms with Crippen molar-refractivity contribution in [3.8, 4) is 0 Å². The Labute approximate surface area is 157 Å². The molecule has 4 rings (SSSR count). The summed E-state index contributed by atoms with van der Waals surface area (Å²) in [6.07, 6.45) is 2.90. The van der Waals surface area contributed by atoms with Gasteiger partial charge < -0.3 is 14.6 Å². The zero-order chi connectivity index (χ0) is 18.1. The monoisotopic (exact) mass is 368 g/mol. The van der Waals surface area contributed by atoms with Crippen molar-refractivity contribution in [2.75, 3.05) is 19.0 Å². The van der Waals surface area contributed by atoms with Crippen molar-refractivity contribution in [1.82, 2.24) is 4.57 Å². The van der Waals surface area contributed by atoms with Crippen LogP contribution in [0.3, 0.4) is 0 Å². The first kappa shape index (κ1) is 17.1. The molecule has 2 atom stereocenters. The Morgan fingerprint density at radius 1 is 1.27 bits per heavy atom. The van der Waals surface area contributed by atoms with Crippen LogP contribution in [-0.2, 0) is 16.1 Å². The Morgan fingerprint density at radius 3 is 2.92 bits per heavy atom. The third-order valence-electron chi connectivity index (χ3n) is 5.01. The van der Waals surface area contributed by atoms with Crippen molar-refractivity contribution in [3.63, 3.8) is 0 Å². The van der Waals surface area contributed by atoms with Gasteiger partial charge in [-0.2, -0.15) is 0 Å². The highest BCUT2D eigenvalue weighted by atomic mass is 35.5. The molecule has 0 spiro atoms. The van der Waals surface area contributed by atoms with Crippen molar-refractivity contribution >= 4 is 34.1 Å². The van der Waals surface area contributed by atoms with E-state index in [4.69, 9.17) is 16.3 Å². The van der Waals surface area contributed by atoms with E-state index in [-0.39, 0.29) is 17.7 Å². The number of rotatable bonds is 6. The summed E-state index contributed by atoms with van der Waals surface area (Å²) in [6, 6.07) is 15.8. The van der Waals surface area contributed by atoms with Gasteiger partial charge in [0.2, 0.25) is 5.91 Å². The van der Waals surface area contributed by atoms with E-state index in [0.29, 0.717) is 6.61 Å². The molecule has 26 heavy (non-hydrogen) atoms. The molecule has 1 aromatic heterocycles. The van der Waals surface area contributed by atoms with Crippen LogP contribution in [0.5, 0.6) is 0 Å². The van der Waals surface area contributed by atoms with Crippen LogP contribution in [0.1, 0.15) is 17.9 Å². The van der Waals surface area contributed by atoms with Gasteiger partial charge in [-0.05, 0) is 48.2 Å². The number of anilines is 1. The molecular formula is C21H21ClN2O2. The molecule has 2 aromatic carbocycles. The van der Waals surface area contributed by atoms with Gasteiger partial charge >= 0.3 is 0 Å². The lowest BCUT2D eigenvalue weighted by Crippen LogP contribution is -2.14. The fourth-order valence-electron chi connectivity index (χ4n) is 3.50. The average Bonchev–Trinajstić information content (AvgIpc) is 3.34. The highest BCUT2D eigenvalue weighted by molar-refractivity contribution is 6.31. The molecule has 4 nitrogen and oxygen atoms in total. The quantitative estimate of drug-likeness (QED) is 0.686. The molecule has 2 unspecified atom stereocenters. The van der Waals surface area contributed by atoms with E-state index >= 15 is 0 Å². The van der Waals surface area contributed by atoms with Gasteiger partial charge in [-0.1, -0.05) is 29.8 Å². The van der Waals surface area contributed by atoms with Gasteiger partial charge in [0.1, 0.15) is 0 Å². The standard InChI is InChI=1S/C21H21ClN2O2/c1-26-11-10-24-9-8-14-12-15(6-7-20(14)24)23-21(25)18-13-17(18)16-4-2-3-5-19(16)22/h2-9,12,17-18H,10-11,13H2,1H3,(H,23,25). The number of fused-ring (bicyclic) bond motifs is 1. The molecule has 1 aliphatic rings. The van der Waals surface area contributed by atoms with Gasteiger partial charge in [0.25, 0.3) is 0 Å². The van der Waals surface area contributed by atoms with Gasteiger partial charge in [0, 0.05) is 47.4 Å². The first-order chi connectivity index (χ1) is 12.7. The van der Waals surface area contributed by atoms with Crippen LogP contribution in [-0.4, -0.2) is 24.2 Å². The van der Waals surface area contributed by atoms with E-state index in [1.54, 1.807) is 7.11 Å². The lowest BCUT2D eigenvalue weighted by Gasteiger charge is -2.08. The Bertz CT molecular complexity index is 950. The van der Waals surface area contributed by atoms with Crippen LogP contribution >= 0.6 is 11.6 Å². The summed E-state index contributed by atoms with van der Waals surface area (Å²) in [7, 11) is 1.70. The average molecular weight is 369 g/mol. The highest BCUT2D eigenvalue weighted by Crippen LogP contribution is 2.50. The van der Waals surface area contributed by atoms with Gasteiger partial charge in [-0.15, -0.1) is 0 Å². The third-order valence-corrected chi connectivity index (χ3v) is 5.35. The number of benzene rings is 2. The van der Waals surface area contributed by atoms with Crippen LogP contribution in [0.4, 0.5) is 5.69 Å². The molecule has 1 saturated carbocycles. The normalized spacial score (nSPS) is 18.8. The lowest BCUT2D eigenvalue weighted by molar-refractivity contribution is -0.117. The van der Waals surface area contributed by atoms with Crippen LogP contribution < -0.4 is 5.32 Å². The number of nitrogens with one attached hydrogen (secondary N) is 1. The molecule has 0 bridgehead atoms. The molecule has 5 heteroatoms. The van der Waals surface area contributed by atoms with E-state index < -0.39 is 0 Å². The molecule has 1 aliphatic carbocycles. The highest BCUT2D eigenvalue weighted by Gasteiger charge is 2.44. The second kappa shape index (κ2) is 7.14. The number of amides is 1. The zero-order valence-electron chi connectivity index (χ0n) is 14.6. The number of methoxy groups -OCH3 is 1. The van der Waals surface area contributed by atoms with Gasteiger partial charge in [0.15, 0.2) is 0 Å². The topological polar surface area (TPSA) is 43.3 Å². The summed E-state index contributed by atoms with van der Waals surface area (Å²) >= 11 is 6.25. The number of aromatic nitrogens is 1. The Kier molecular flexibility index (Phi) is 4.70. The largest absolute Gasteiger partial charge is 0.383 e. The van der Waals surface area contributed by atoms with E-state index in [1.165, 1.54) is 0 Å². The number of ether oxygens (including phenoxy) is 1. The maximum atomic E-state index is 12.6. The molecule has 0 aliphatic heterocycles. The molecule has 0 saturated heterocycles. The Balaban J connectivity index is 1.44. The molecule has 1 amide bonds. The third kappa shape index (κ3) is 3.35. The predicted molar refractivity (Wildman–Crippen MR) is 105 cm³/mol. The van der Waals surface area contributed by atoms with E-state index in [1.807, 2.05) is 48.7 Å². The summed E-state index contributed by atoms with van der Waals surface area (Å²) in [5, 5.41) is 4.90. The van der Waals surface area contributed by atoms with Gasteiger partial charge in [-0.3, -0.25) is 4.79 Å². The predicted octanol–water partition coefficient (Wildman–Crippen LogP) is 4.68. The second-order valence-corrected chi connectivity index (χ2v) is 7.14. The second-order valence-electron chi connectivity index (χ2n) is 6.73. The lowest BCUT2D eigenvalue weighted by atomic mass is 10.1. The van der Waals surface area contributed by atoms with Crippen LogP contribution in [0.15, 0.2) is 54.7 Å². The van der Waals surface area contributed by atoms with Gasteiger partial charge in [-0.25, -0.2) is 0 Å². The minimum atomic E-state index is -0.00287. The summed E-state index contributed by atoms with van der Waals surface area (Å²) in [5.74, 6) is 0.285. The van der Waals surface area contributed by atoms with E-state index in [9.17, 15) is 4.79 Å². The number of carbonyl (C=O) groups excluding carboxylic acids is 1. The van der Waals surface area contributed by atoms with Crippen molar-refractivity contribution in [3.05, 3.63) is 65.3 Å². The molecular weight excluding hydrogens is 348 g/mol. The summed E-state index contributed by atoms with van der Waals surface area (Å²) in [5.41, 5.74) is 3.04. The molecule has 3 aromatic rings. The van der Waals surface area contributed by atoms with Crippen molar-refractivity contribution in [1.29, 1.82) is 0 Å². The maximum absolute atomic E-state index is 12.6. The maximum Gasteiger partial charge on any atom is 0.228 e. The van der Waals surface area contributed by atoms with Crippen LogP contribution in [0, 0.1) is 5.92 Å². The van der Waals surface area contributed by atoms with Crippen molar-refractivity contribution in [2.24, 2.45) is 5.92 Å². The zero-order valence-corrected chi connectivity index (χ0v) is 15.4. The molecule has 1 heterocycles. The molecule has 134 valence electrons. The molecule has 0 radical (unpaired) electrons. The fraction of sp³-hybridized carbons (Fsp3) is 0.286. The molecule has 1 N–H and O–H groups in total. The summed E-state index contributed by atoms with van der Waals surface area (Å²) < 4.78 is 7.29. The van der Waals surface area contributed by atoms with E-state index in [2.05, 4.69) is 16.0 Å². The number of halogens is 1. The number of hydrogen-bond acceptors (Lipinski definition) is 2. The van der Waals surface area contributed by atoms with Crippen molar-refractivity contribution < 1.29 is 9.53 Å². The van der Waals surface area contributed by atoms with Crippen molar-refractivity contribution in [2.45, 2.75) is 18.9 Å². The fourth-order valence-corrected chi connectivity index (χ4v) is 3.78. The smallest absolute Gasteiger partial charge is 0.228 e. The summed E-state index contributed by atoms with van der Waals surface area (Å²) in [4.78, 5) is 12.6. The van der Waals surface area contributed by atoms with Gasteiger partial charge in [0.05, 0.1) is 6.61 Å². The molecule has 1 fully saturated rings. The van der Waals surface area contributed by atoms with E-state index in [0.717, 1.165) is 40.1 Å². The number of nitrogens with zero attached hydrogens (tertiary/aromatic N) is 1. The van der Waals surface area contributed by atoms with Crippen LogP contribution in [0.2, 0.25) is 5.02 Å². The summed E-state index contributed by atoms with van der Waals surface area (Å²) in [6.45, 7) is 1.49. The van der Waals surface area contributed by atoms with Crippen LogP contribution in [0.25, 0.3) is 10.9 Å². The number of carbonyl (C=O) groups is 1. The first-order valence-corrected chi connectivity index (χ1v) is 9.18. The Hall–Kier alpha value is -2.30. The minimum Gasteiger partial charge on any atom is -0.383 e. The minimum absolute atomic E-state index is 0.00287.